The molecule has 2 aromatic rings. The molecule has 1 aromatic carbocycles. The number of thiazole rings is 1. The van der Waals surface area contributed by atoms with Gasteiger partial charge in [0.2, 0.25) is 5.91 Å². The number of hydrogen-bond donors (Lipinski definition) is 2. The first-order valence-corrected chi connectivity index (χ1v) is 7.41. The Morgan fingerprint density at radius 2 is 2.05 bits per heavy atom. The first-order chi connectivity index (χ1) is 9.47. The summed E-state index contributed by atoms with van der Waals surface area (Å²) in [5, 5.41) is 8.62. The standard InChI is InChI=1S/C15H19N3OS/c1-9-6-5-7-13(11(9)3)17-12(4)14(19)18-15-16-10(2)8-20-15/h5-8,12,17H,1-4H3,(H,16,18,19). The second-order valence-corrected chi connectivity index (χ2v) is 5.75. The summed E-state index contributed by atoms with van der Waals surface area (Å²) in [4.78, 5) is 16.3. The van der Waals surface area contributed by atoms with Gasteiger partial charge in [-0.25, -0.2) is 4.98 Å². The van der Waals surface area contributed by atoms with Crippen LogP contribution in [0.4, 0.5) is 10.8 Å². The SMILES string of the molecule is Cc1csc(NC(=O)C(C)Nc2cccc(C)c2C)n1. The summed E-state index contributed by atoms with van der Waals surface area (Å²) < 4.78 is 0. The predicted molar refractivity (Wildman–Crippen MR) is 84.5 cm³/mol. The van der Waals surface area contributed by atoms with Gasteiger partial charge in [-0.1, -0.05) is 12.1 Å². The van der Waals surface area contributed by atoms with Crippen molar-refractivity contribution in [2.75, 3.05) is 10.6 Å². The lowest BCUT2D eigenvalue weighted by atomic mass is 10.1. The van der Waals surface area contributed by atoms with E-state index in [1.807, 2.05) is 38.3 Å². The van der Waals surface area contributed by atoms with Crippen molar-refractivity contribution in [3.8, 4) is 0 Å². The Labute approximate surface area is 123 Å². The van der Waals surface area contributed by atoms with Gasteiger partial charge in [0.25, 0.3) is 0 Å². The summed E-state index contributed by atoms with van der Waals surface area (Å²) in [7, 11) is 0. The van der Waals surface area contributed by atoms with Crippen molar-refractivity contribution in [2.45, 2.75) is 33.7 Å². The zero-order valence-electron chi connectivity index (χ0n) is 12.2. The highest BCUT2D eigenvalue weighted by atomic mass is 32.1. The summed E-state index contributed by atoms with van der Waals surface area (Å²) in [6.45, 7) is 7.86. The normalized spacial score (nSPS) is 12.0. The van der Waals surface area contributed by atoms with Crippen LogP contribution in [0.2, 0.25) is 0 Å². The molecule has 0 bridgehead atoms. The Bertz CT molecular complexity index is 621. The molecule has 1 amide bonds. The number of benzene rings is 1. The number of aryl methyl sites for hydroxylation is 2. The van der Waals surface area contributed by atoms with Crippen molar-refractivity contribution < 1.29 is 4.79 Å². The lowest BCUT2D eigenvalue weighted by Gasteiger charge is -2.17. The third kappa shape index (κ3) is 3.36. The van der Waals surface area contributed by atoms with Crippen LogP contribution in [0.15, 0.2) is 23.6 Å². The number of aromatic nitrogens is 1. The molecule has 1 unspecified atom stereocenters. The lowest BCUT2D eigenvalue weighted by molar-refractivity contribution is -0.116. The highest BCUT2D eigenvalue weighted by Gasteiger charge is 2.15. The fourth-order valence-corrected chi connectivity index (χ4v) is 2.52. The van der Waals surface area contributed by atoms with Crippen molar-refractivity contribution in [2.24, 2.45) is 0 Å². The molecule has 20 heavy (non-hydrogen) atoms. The maximum atomic E-state index is 12.1. The average Bonchev–Trinajstić information content (AvgIpc) is 2.80. The van der Waals surface area contributed by atoms with Crippen LogP contribution in [0.25, 0.3) is 0 Å². The molecule has 1 aromatic heterocycles. The van der Waals surface area contributed by atoms with Crippen LogP contribution in [0.3, 0.4) is 0 Å². The number of nitrogens with zero attached hydrogens (tertiary/aromatic N) is 1. The molecule has 4 nitrogen and oxygen atoms in total. The Morgan fingerprint density at radius 3 is 2.70 bits per heavy atom. The van der Waals surface area contributed by atoms with E-state index in [-0.39, 0.29) is 11.9 Å². The van der Waals surface area contributed by atoms with E-state index in [0.29, 0.717) is 5.13 Å². The van der Waals surface area contributed by atoms with Gasteiger partial charge < -0.3 is 10.6 Å². The minimum atomic E-state index is -0.320. The molecule has 0 aliphatic rings. The summed E-state index contributed by atoms with van der Waals surface area (Å²) in [6.07, 6.45) is 0. The number of amides is 1. The van der Waals surface area contributed by atoms with E-state index in [4.69, 9.17) is 0 Å². The number of carbonyl (C=O) groups is 1. The zero-order valence-corrected chi connectivity index (χ0v) is 13.0. The van der Waals surface area contributed by atoms with E-state index in [9.17, 15) is 4.79 Å². The molecule has 0 saturated carbocycles. The maximum Gasteiger partial charge on any atom is 0.248 e. The number of carbonyl (C=O) groups excluding carboxylic acids is 1. The van der Waals surface area contributed by atoms with Crippen LogP contribution in [-0.4, -0.2) is 16.9 Å². The van der Waals surface area contributed by atoms with E-state index in [0.717, 1.165) is 16.9 Å². The minimum absolute atomic E-state index is 0.0831. The fourth-order valence-electron chi connectivity index (χ4n) is 1.83. The van der Waals surface area contributed by atoms with Crippen molar-refractivity contribution >= 4 is 28.1 Å². The number of hydrogen-bond acceptors (Lipinski definition) is 4. The minimum Gasteiger partial charge on any atom is -0.374 e. The Kier molecular flexibility index (Phi) is 4.39. The summed E-state index contributed by atoms with van der Waals surface area (Å²) in [5.74, 6) is -0.0831. The summed E-state index contributed by atoms with van der Waals surface area (Å²) in [6, 6.07) is 5.71. The van der Waals surface area contributed by atoms with Crippen LogP contribution in [-0.2, 0) is 4.79 Å². The maximum absolute atomic E-state index is 12.1. The second kappa shape index (κ2) is 6.05. The summed E-state index contributed by atoms with van der Waals surface area (Å²) in [5.41, 5.74) is 4.28. The van der Waals surface area contributed by atoms with Gasteiger partial charge >= 0.3 is 0 Å². The number of rotatable bonds is 4. The lowest BCUT2D eigenvalue weighted by Crippen LogP contribution is -2.32. The van der Waals surface area contributed by atoms with Gasteiger partial charge in [0.1, 0.15) is 6.04 Å². The molecular formula is C15H19N3OS. The van der Waals surface area contributed by atoms with Crippen LogP contribution >= 0.6 is 11.3 Å². The highest BCUT2D eigenvalue weighted by Crippen LogP contribution is 2.19. The number of nitrogens with one attached hydrogen (secondary N) is 2. The first-order valence-electron chi connectivity index (χ1n) is 6.53. The molecule has 0 spiro atoms. The van der Waals surface area contributed by atoms with Gasteiger partial charge in [-0.2, -0.15) is 0 Å². The molecule has 106 valence electrons. The van der Waals surface area contributed by atoms with Gasteiger partial charge in [-0.3, -0.25) is 4.79 Å². The van der Waals surface area contributed by atoms with Gasteiger partial charge in [0, 0.05) is 11.1 Å². The topological polar surface area (TPSA) is 54.0 Å². The molecule has 2 N–H and O–H groups in total. The van der Waals surface area contributed by atoms with E-state index in [2.05, 4.69) is 28.6 Å². The monoisotopic (exact) mass is 289 g/mol. The molecule has 0 saturated heterocycles. The first kappa shape index (κ1) is 14.5. The molecule has 1 heterocycles. The molecular weight excluding hydrogens is 270 g/mol. The third-order valence-electron chi connectivity index (χ3n) is 3.22. The molecule has 2 rings (SSSR count). The van der Waals surface area contributed by atoms with Gasteiger partial charge in [-0.05, 0) is 44.9 Å². The molecule has 0 aliphatic heterocycles. The van der Waals surface area contributed by atoms with Gasteiger partial charge in [-0.15, -0.1) is 11.3 Å². The second-order valence-electron chi connectivity index (χ2n) is 4.90. The number of anilines is 2. The van der Waals surface area contributed by atoms with Crippen LogP contribution in [0.1, 0.15) is 23.7 Å². The van der Waals surface area contributed by atoms with Crippen molar-refractivity contribution in [1.29, 1.82) is 0 Å². The van der Waals surface area contributed by atoms with Crippen molar-refractivity contribution in [1.82, 2.24) is 4.98 Å². The highest BCUT2D eigenvalue weighted by molar-refractivity contribution is 7.13. The molecule has 0 aliphatic carbocycles. The molecule has 0 fully saturated rings. The van der Waals surface area contributed by atoms with Crippen molar-refractivity contribution in [3.05, 3.63) is 40.4 Å². The van der Waals surface area contributed by atoms with Crippen LogP contribution < -0.4 is 10.6 Å². The van der Waals surface area contributed by atoms with Crippen molar-refractivity contribution in [3.63, 3.8) is 0 Å². The quantitative estimate of drug-likeness (QED) is 0.905. The smallest absolute Gasteiger partial charge is 0.248 e. The Morgan fingerprint density at radius 1 is 1.30 bits per heavy atom. The largest absolute Gasteiger partial charge is 0.374 e. The molecule has 1 atom stereocenters. The van der Waals surface area contributed by atoms with E-state index in [1.165, 1.54) is 16.9 Å². The van der Waals surface area contributed by atoms with Crippen LogP contribution in [0.5, 0.6) is 0 Å². The average molecular weight is 289 g/mol. The Hall–Kier alpha value is -1.88. The predicted octanol–water partition coefficient (Wildman–Crippen LogP) is 3.51. The van der Waals surface area contributed by atoms with E-state index in [1.54, 1.807) is 0 Å². The van der Waals surface area contributed by atoms with E-state index < -0.39 is 0 Å². The Balaban J connectivity index is 2.02. The van der Waals surface area contributed by atoms with Crippen LogP contribution in [0, 0.1) is 20.8 Å². The summed E-state index contributed by atoms with van der Waals surface area (Å²) >= 11 is 1.44. The van der Waals surface area contributed by atoms with Gasteiger partial charge in [0.05, 0.1) is 5.69 Å². The zero-order chi connectivity index (χ0) is 14.7. The third-order valence-corrected chi connectivity index (χ3v) is 4.09. The fraction of sp³-hybridized carbons (Fsp3) is 0.333. The molecule has 0 radical (unpaired) electrons. The van der Waals surface area contributed by atoms with Gasteiger partial charge in [0.15, 0.2) is 5.13 Å². The van der Waals surface area contributed by atoms with E-state index >= 15 is 0 Å². The molecule has 5 heteroatoms.